The Morgan fingerprint density at radius 3 is 2.09 bits per heavy atom. The molecule has 1 aliphatic rings. The van der Waals surface area contributed by atoms with Crippen LogP contribution in [0.5, 0.6) is 11.5 Å². The Kier molecular flexibility index (Phi) is 7.13. The number of benzene rings is 3. The molecule has 1 saturated heterocycles. The Bertz CT molecular complexity index is 1230. The number of hydrogen-bond acceptors (Lipinski definition) is 6. The smallest absolute Gasteiger partial charge is 0.343 e. The fourth-order valence-electron chi connectivity index (χ4n) is 3.22. The van der Waals surface area contributed by atoms with Crippen molar-refractivity contribution < 1.29 is 23.9 Å². The summed E-state index contributed by atoms with van der Waals surface area (Å²) >= 11 is 0.896. The maximum atomic E-state index is 12.7. The van der Waals surface area contributed by atoms with Crippen molar-refractivity contribution >= 4 is 35.0 Å². The Morgan fingerprint density at radius 2 is 1.44 bits per heavy atom. The van der Waals surface area contributed by atoms with Crippen LogP contribution in [0.15, 0.2) is 77.7 Å². The molecule has 7 heteroatoms. The van der Waals surface area contributed by atoms with Gasteiger partial charge in [-0.05, 0) is 73.6 Å². The maximum absolute atomic E-state index is 12.7. The van der Waals surface area contributed by atoms with Crippen LogP contribution in [-0.2, 0) is 4.79 Å². The quantitative estimate of drug-likeness (QED) is 0.251. The predicted octanol–water partition coefficient (Wildman–Crippen LogP) is 5.64. The summed E-state index contributed by atoms with van der Waals surface area (Å²) in [6.07, 6.45) is 1.65. The van der Waals surface area contributed by atoms with Crippen molar-refractivity contribution in [2.45, 2.75) is 13.8 Å². The summed E-state index contributed by atoms with van der Waals surface area (Å²) in [4.78, 5) is 38.8. The van der Waals surface area contributed by atoms with E-state index in [9.17, 15) is 14.4 Å². The number of thioether (sulfide) groups is 1. The zero-order valence-electron chi connectivity index (χ0n) is 18.8. The van der Waals surface area contributed by atoms with Crippen molar-refractivity contribution in [1.29, 1.82) is 0 Å². The van der Waals surface area contributed by atoms with Crippen molar-refractivity contribution in [2.24, 2.45) is 0 Å². The second kappa shape index (κ2) is 10.4. The summed E-state index contributed by atoms with van der Waals surface area (Å²) < 4.78 is 11.0. The van der Waals surface area contributed by atoms with E-state index in [2.05, 4.69) is 0 Å². The highest BCUT2D eigenvalue weighted by Crippen LogP contribution is 2.32. The highest BCUT2D eigenvalue weighted by Gasteiger charge is 2.34. The first-order chi connectivity index (χ1) is 16.4. The monoisotopic (exact) mass is 473 g/mol. The van der Waals surface area contributed by atoms with Gasteiger partial charge in [-0.2, -0.15) is 0 Å². The van der Waals surface area contributed by atoms with Gasteiger partial charge in [0.25, 0.3) is 11.1 Å². The number of nitrogens with zero attached hydrogens (tertiary/aromatic N) is 1. The lowest BCUT2D eigenvalue weighted by molar-refractivity contribution is -0.123. The zero-order chi connectivity index (χ0) is 24.1. The highest BCUT2D eigenvalue weighted by molar-refractivity contribution is 8.18. The molecule has 0 saturated carbocycles. The Labute approximate surface area is 202 Å². The Hall–Kier alpha value is -3.84. The lowest BCUT2D eigenvalue weighted by atomic mass is 10.1. The van der Waals surface area contributed by atoms with Gasteiger partial charge >= 0.3 is 5.97 Å². The molecule has 3 aromatic carbocycles. The molecule has 4 rings (SSSR count). The first kappa shape index (κ1) is 23.3. The molecule has 6 nitrogen and oxygen atoms in total. The number of rotatable bonds is 7. The van der Waals surface area contributed by atoms with Crippen molar-refractivity contribution in [3.63, 3.8) is 0 Å². The van der Waals surface area contributed by atoms with Gasteiger partial charge in [0.2, 0.25) is 0 Å². The summed E-state index contributed by atoms with van der Waals surface area (Å²) in [7, 11) is 0. The van der Waals surface area contributed by atoms with Crippen LogP contribution in [0.2, 0.25) is 0 Å². The van der Waals surface area contributed by atoms with Gasteiger partial charge in [0.05, 0.1) is 17.0 Å². The summed E-state index contributed by atoms with van der Waals surface area (Å²) in [6, 6.07) is 21.5. The van der Waals surface area contributed by atoms with E-state index in [-0.39, 0.29) is 24.3 Å². The van der Waals surface area contributed by atoms with E-state index in [1.807, 2.05) is 50.2 Å². The number of esters is 1. The SMILES string of the molecule is Cc1ccc(OCCN2C(=O)S/C(=C\c3ccc(OC(=O)c4ccc(C)cc4)cc3)C2=O)cc1. The third kappa shape index (κ3) is 5.74. The molecular formula is C27H23NO5S. The first-order valence-corrected chi connectivity index (χ1v) is 11.5. The van der Waals surface area contributed by atoms with Gasteiger partial charge in [0.15, 0.2) is 0 Å². The van der Waals surface area contributed by atoms with E-state index < -0.39 is 5.97 Å². The maximum Gasteiger partial charge on any atom is 0.343 e. The van der Waals surface area contributed by atoms with Crippen LogP contribution >= 0.6 is 11.8 Å². The number of hydrogen-bond donors (Lipinski definition) is 0. The normalized spacial score (nSPS) is 14.5. The average molecular weight is 474 g/mol. The van der Waals surface area contributed by atoms with Crippen LogP contribution in [0.1, 0.15) is 27.0 Å². The molecule has 1 aliphatic heterocycles. The van der Waals surface area contributed by atoms with Gasteiger partial charge in [0.1, 0.15) is 18.1 Å². The molecule has 0 unspecified atom stereocenters. The largest absolute Gasteiger partial charge is 0.492 e. The third-order valence-electron chi connectivity index (χ3n) is 5.15. The molecule has 0 aromatic heterocycles. The van der Waals surface area contributed by atoms with Crippen LogP contribution in [0, 0.1) is 13.8 Å². The minimum Gasteiger partial charge on any atom is -0.492 e. The fraction of sp³-hybridized carbons (Fsp3) is 0.148. The van der Waals surface area contributed by atoms with Crippen LogP contribution in [0.3, 0.4) is 0 Å². The molecule has 1 fully saturated rings. The minimum atomic E-state index is -0.443. The van der Waals surface area contributed by atoms with E-state index in [1.165, 1.54) is 4.90 Å². The second-order valence-electron chi connectivity index (χ2n) is 7.82. The number of ether oxygens (including phenoxy) is 2. The molecule has 0 radical (unpaired) electrons. The van der Waals surface area contributed by atoms with Crippen LogP contribution < -0.4 is 9.47 Å². The van der Waals surface area contributed by atoms with Gasteiger partial charge in [-0.25, -0.2) is 4.79 Å². The summed E-state index contributed by atoms with van der Waals surface area (Å²) in [6.45, 7) is 4.32. The number of aryl methyl sites for hydroxylation is 2. The van der Waals surface area contributed by atoms with E-state index in [0.717, 1.165) is 28.5 Å². The Balaban J connectivity index is 1.34. The number of carbonyl (C=O) groups is 3. The van der Waals surface area contributed by atoms with E-state index in [1.54, 1.807) is 42.5 Å². The summed E-state index contributed by atoms with van der Waals surface area (Å²) in [5.74, 6) is 0.291. The standard InChI is InChI=1S/C27H23NO5S/c1-18-3-9-21(10-4-18)26(30)33-23-13-7-20(8-14-23)17-24-25(29)28(27(31)34-24)15-16-32-22-11-5-19(2)6-12-22/h3-14,17H,15-16H2,1-2H3/b24-17-. The first-order valence-electron chi connectivity index (χ1n) is 10.7. The number of amides is 2. The Morgan fingerprint density at radius 1 is 0.853 bits per heavy atom. The van der Waals surface area contributed by atoms with E-state index in [0.29, 0.717) is 22.0 Å². The van der Waals surface area contributed by atoms with Crippen molar-refractivity contribution in [1.82, 2.24) is 4.90 Å². The van der Waals surface area contributed by atoms with Crippen LogP contribution in [-0.4, -0.2) is 35.2 Å². The van der Waals surface area contributed by atoms with Crippen molar-refractivity contribution in [3.8, 4) is 11.5 Å². The molecule has 3 aromatic rings. The molecule has 0 spiro atoms. The van der Waals surface area contributed by atoms with Crippen LogP contribution in [0.25, 0.3) is 6.08 Å². The second-order valence-corrected chi connectivity index (χ2v) is 8.81. The molecule has 1 heterocycles. The van der Waals surface area contributed by atoms with Crippen molar-refractivity contribution in [3.05, 3.63) is 100.0 Å². The van der Waals surface area contributed by atoms with Gasteiger partial charge < -0.3 is 9.47 Å². The van der Waals surface area contributed by atoms with Crippen LogP contribution in [0.4, 0.5) is 4.79 Å². The summed E-state index contributed by atoms with van der Waals surface area (Å²) in [5.41, 5.74) is 3.37. The topological polar surface area (TPSA) is 72.9 Å². The average Bonchev–Trinajstić information content (AvgIpc) is 3.09. The molecule has 0 bridgehead atoms. The van der Waals surface area contributed by atoms with Gasteiger partial charge in [-0.3, -0.25) is 14.5 Å². The van der Waals surface area contributed by atoms with E-state index >= 15 is 0 Å². The molecular weight excluding hydrogens is 450 g/mol. The molecule has 0 atom stereocenters. The molecule has 172 valence electrons. The fourth-order valence-corrected chi connectivity index (χ4v) is 4.09. The lowest BCUT2D eigenvalue weighted by Crippen LogP contribution is -2.32. The predicted molar refractivity (Wildman–Crippen MR) is 132 cm³/mol. The number of carbonyl (C=O) groups excluding carboxylic acids is 3. The molecule has 0 N–H and O–H groups in total. The third-order valence-corrected chi connectivity index (χ3v) is 6.06. The van der Waals surface area contributed by atoms with Gasteiger partial charge in [0, 0.05) is 0 Å². The highest BCUT2D eigenvalue weighted by atomic mass is 32.2. The van der Waals surface area contributed by atoms with E-state index in [4.69, 9.17) is 9.47 Å². The van der Waals surface area contributed by atoms with Crippen molar-refractivity contribution in [2.75, 3.05) is 13.2 Å². The molecule has 34 heavy (non-hydrogen) atoms. The minimum absolute atomic E-state index is 0.170. The zero-order valence-corrected chi connectivity index (χ0v) is 19.6. The molecule has 2 amide bonds. The summed E-state index contributed by atoms with van der Waals surface area (Å²) in [5, 5.41) is -0.326. The lowest BCUT2D eigenvalue weighted by Gasteiger charge is -2.13. The van der Waals surface area contributed by atoms with Gasteiger partial charge in [-0.1, -0.05) is 47.5 Å². The van der Waals surface area contributed by atoms with Gasteiger partial charge in [-0.15, -0.1) is 0 Å². The number of imide groups is 1. The molecule has 0 aliphatic carbocycles.